The Kier molecular flexibility index (Phi) is 5.98. The Morgan fingerprint density at radius 1 is 1.19 bits per heavy atom. The molecule has 2 aromatic heterocycles. The number of carbonyl (C=O) groups is 1. The van der Waals surface area contributed by atoms with Crippen LogP contribution in [0.25, 0.3) is 22.2 Å². The average Bonchev–Trinajstić information content (AvgIpc) is 3.33. The summed E-state index contributed by atoms with van der Waals surface area (Å²) in [4.78, 5) is 36.3. The fraction of sp³-hybridized carbons (Fsp3) is 0.167. The molecule has 3 heterocycles. The number of amides is 1. The summed E-state index contributed by atoms with van der Waals surface area (Å²) in [5.74, 6) is -0.107. The third-order valence-corrected chi connectivity index (χ3v) is 5.79. The van der Waals surface area contributed by atoms with E-state index in [1.165, 1.54) is 35.6 Å². The predicted molar refractivity (Wildman–Crippen MR) is 128 cm³/mol. The number of nitro benzene ring substituents is 1. The van der Waals surface area contributed by atoms with Crippen molar-refractivity contribution in [2.75, 3.05) is 18.4 Å². The second-order valence-corrected chi connectivity index (χ2v) is 8.11. The highest BCUT2D eigenvalue weighted by molar-refractivity contribution is 5.94. The number of nitrogens with one attached hydrogen (secondary N) is 1. The number of rotatable bonds is 6. The molecule has 5 rings (SSSR count). The number of fused-ring (bicyclic) bond motifs is 1. The van der Waals surface area contributed by atoms with E-state index in [2.05, 4.69) is 20.3 Å². The SMILES string of the molecule is O=C(O)N1CCC(Oc2cc3ncnc(Nc4ccnc(-c5ccccc5F)c4)c3cc2[N+](=O)[O-])C1. The Morgan fingerprint density at radius 3 is 2.78 bits per heavy atom. The molecule has 1 saturated heterocycles. The fourth-order valence-corrected chi connectivity index (χ4v) is 4.05. The summed E-state index contributed by atoms with van der Waals surface area (Å²) in [5.41, 5.74) is 1.39. The largest absolute Gasteiger partial charge is 0.481 e. The summed E-state index contributed by atoms with van der Waals surface area (Å²) in [6.45, 7) is 0.409. The molecule has 1 unspecified atom stereocenters. The first-order chi connectivity index (χ1) is 17.4. The molecule has 182 valence electrons. The molecule has 0 bridgehead atoms. The zero-order chi connectivity index (χ0) is 25.2. The van der Waals surface area contributed by atoms with Crippen molar-refractivity contribution < 1.29 is 24.0 Å². The number of aromatic nitrogens is 3. The van der Waals surface area contributed by atoms with Gasteiger partial charge in [0.2, 0.25) is 0 Å². The molecular formula is C24H19FN6O5. The zero-order valence-electron chi connectivity index (χ0n) is 18.7. The van der Waals surface area contributed by atoms with Crippen molar-refractivity contribution in [1.82, 2.24) is 19.9 Å². The second kappa shape index (κ2) is 9.41. The normalized spacial score (nSPS) is 15.1. The number of nitrogens with zero attached hydrogens (tertiary/aromatic N) is 5. The first kappa shape index (κ1) is 22.9. The van der Waals surface area contributed by atoms with Crippen LogP contribution in [0, 0.1) is 15.9 Å². The van der Waals surface area contributed by atoms with E-state index in [4.69, 9.17) is 9.84 Å². The highest BCUT2D eigenvalue weighted by Crippen LogP contribution is 2.36. The summed E-state index contributed by atoms with van der Waals surface area (Å²) < 4.78 is 20.0. The number of halogens is 1. The van der Waals surface area contributed by atoms with Gasteiger partial charge in [-0.2, -0.15) is 0 Å². The lowest BCUT2D eigenvalue weighted by molar-refractivity contribution is -0.385. The smallest absolute Gasteiger partial charge is 0.407 e. The maximum atomic E-state index is 14.2. The molecule has 12 heteroatoms. The van der Waals surface area contributed by atoms with Gasteiger partial charge in [0.1, 0.15) is 24.1 Å². The van der Waals surface area contributed by atoms with Crippen molar-refractivity contribution in [3.63, 3.8) is 0 Å². The Hall–Kier alpha value is -4.87. The molecule has 1 aliphatic rings. The maximum Gasteiger partial charge on any atom is 0.407 e. The van der Waals surface area contributed by atoms with Crippen LogP contribution in [0.1, 0.15) is 6.42 Å². The fourth-order valence-electron chi connectivity index (χ4n) is 4.05. The van der Waals surface area contributed by atoms with Gasteiger partial charge in [-0.1, -0.05) is 12.1 Å². The van der Waals surface area contributed by atoms with E-state index < -0.39 is 22.9 Å². The van der Waals surface area contributed by atoms with Gasteiger partial charge >= 0.3 is 11.8 Å². The van der Waals surface area contributed by atoms with Crippen LogP contribution in [0.2, 0.25) is 0 Å². The van der Waals surface area contributed by atoms with E-state index in [0.717, 1.165) is 0 Å². The minimum absolute atomic E-state index is 0.000129. The van der Waals surface area contributed by atoms with E-state index >= 15 is 0 Å². The van der Waals surface area contributed by atoms with Crippen LogP contribution in [0.3, 0.4) is 0 Å². The number of carboxylic acid groups (broad SMARTS) is 1. The summed E-state index contributed by atoms with van der Waals surface area (Å²) in [6, 6.07) is 12.3. The molecule has 1 aliphatic heterocycles. The van der Waals surface area contributed by atoms with Crippen molar-refractivity contribution in [1.29, 1.82) is 0 Å². The van der Waals surface area contributed by atoms with Gasteiger partial charge in [-0.25, -0.2) is 19.2 Å². The van der Waals surface area contributed by atoms with Crippen molar-refractivity contribution >= 4 is 34.2 Å². The second-order valence-electron chi connectivity index (χ2n) is 8.11. The zero-order valence-corrected chi connectivity index (χ0v) is 18.7. The van der Waals surface area contributed by atoms with E-state index in [1.54, 1.807) is 30.3 Å². The molecule has 1 fully saturated rings. The number of hydrogen-bond donors (Lipinski definition) is 2. The Morgan fingerprint density at radius 2 is 2.03 bits per heavy atom. The average molecular weight is 490 g/mol. The van der Waals surface area contributed by atoms with Gasteiger partial charge in [-0.15, -0.1) is 0 Å². The summed E-state index contributed by atoms with van der Waals surface area (Å²) >= 11 is 0. The molecule has 11 nitrogen and oxygen atoms in total. The topological polar surface area (TPSA) is 144 Å². The van der Waals surface area contributed by atoms with Crippen LogP contribution in [0.15, 0.2) is 61.1 Å². The number of likely N-dealkylation sites (tertiary alicyclic amines) is 1. The van der Waals surface area contributed by atoms with Gasteiger partial charge in [0, 0.05) is 42.5 Å². The van der Waals surface area contributed by atoms with Gasteiger partial charge < -0.3 is 20.1 Å². The van der Waals surface area contributed by atoms with Crippen LogP contribution in [0.4, 0.5) is 26.4 Å². The lowest BCUT2D eigenvalue weighted by Crippen LogP contribution is -2.29. The van der Waals surface area contributed by atoms with Crippen molar-refractivity contribution in [2.24, 2.45) is 0 Å². The third kappa shape index (κ3) is 4.56. The molecule has 0 radical (unpaired) electrons. The van der Waals surface area contributed by atoms with Crippen LogP contribution in [0.5, 0.6) is 5.75 Å². The number of nitro groups is 1. The minimum atomic E-state index is -1.06. The van der Waals surface area contributed by atoms with Gasteiger partial charge in [0.15, 0.2) is 5.75 Å². The van der Waals surface area contributed by atoms with Crippen LogP contribution < -0.4 is 10.1 Å². The lowest BCUT2D eigenvalue weighted by atomic mass is 10.1. The molecule has 1 atom stereocenters. The standard InChI is InChI=1S/C24H19FN6O5/c25-18-4-2-1-3-16(18)19-9-14(5-7-26-19)29-23-17-10-21(31(34)35)22(11-20(17)27-13-28-23)36-15-6-8-30(12-15)24(32)33/h1-5,7,9-11,13,15H,6,8,12H2,(H,32,33)(H,26,27,28,29). The van der Waals surface area contributed by atoms with E-state index in [-0.39, 0.29) is 18.0 Å². The number of ether oxygens (including phenoxy) is 1. The first-order valence-corrected chi connectivity index (χ1v) is 10.9. The highest BCUT2D eigenvalue weighted by Gasteiger charge is 2.30. The summed E-state index contributed by atoms with van der Waals surface area (Å²) in [6.07, 6.45) is 1.67. The maximum absolute atomic E-state index is 14.2. The molecule has 36 heavy (non-hydrogen) atoms. The summed E-state index contributed by atoms with van der Waals surface area (Å²) in [5, 5.41) is 24.5. The van der Waals surface area contributed by atoms with Gasteiger partial charge in [0.25, 0.3) is 0 Å². The Bertz CT molecular complexity index is 1480. The monoisotopic (exact) mass is 490 g/mol. The summed E-state index contributed by atoms with van der Waals surface area (Å²) in [7, 11) is 0. The Balaban J connectivity index is 1.47. The molecular weight excluding hydrogens is 471 g/mol. The molecule has 0 saturated carbocycles. The lowest BCUT2D eigenvalue weighted by Gasteiger charge is -2.15. The van der Waals surface area contributed by atoms with E-state index in [0.29, 0.717) is 46.6 Å². The third-order valence-electron chi connectivity index (χ3n) is 5.79. The van der Waals surface area contributed by atoms with E-state index in [1.807, 2.05) is 0 Å². The van der Waals surface area contributed by atoms with Crippen molar-refractivity contribution in [2.45, 2.75) is 12.5 Å². The number of hydrogen-bond acceptors (Lipinski definition) is 8. The highest BCUT2D eigenvalue weighted by atomic mass is 19.1. The minimum Gasteiger partial charge on any atom is -0.481 e. The van der Waals surface area contributed by atoms with Crippen LogP contribution >= 0.6 is 0 Å². The number of anilines is 2. The molecule has 0 aliphatic carbocycles. The van der Waals surface area contributed by atoms with E-state index in [9.17, 15) is 19.3 Å². The molecule has 4 aromatic rings. The van der Waals surface area contributed by atoms with Gasteiger partial charge in [-0.05, 0) is 24.3 Å². The van der Waals surface area contributed by atoms with Gasteiger partial charge in [-0.3, -0.25) is 15.1 Å². The molecule has 0 spiro atoms. The quantitative estimate of drug-likeness (QED) is 0.292. The number of benzene rings is 2. The Labute approximate surface area is 203 Å². The molecule has 1 amide bonds. The predicted octanol–water partition coefficient (Wildman–Crippen LogP) is 4.61. The van der Waals surface area contributed by atoms with Crippen molar-refractivity contribution in [3.05, 3.63) is 77.0 Å². The van der Waals surface area contributed by atoms with Crippen LogP contribution in [-0.2, 0) is 0 Å². The van der Waals surface area contributed by atoms with Crippen molar-refractivity contribution in [3.8, 4) is 17.0 Å². The first-order valence-electron chi connectivity index (χ1n) is 10.9. The van der Waals surface area contributed by atoms with Gasteiger partial charge in [0.05, 0.1) is 28.1 Å². The molecule has 2 aromatic carbocycles. The number of pyridine rings is 1. The van der Waals surface area contributed by atoms with Crippen LogP contribution in [-0.4, -0.2) is 55.2 Å². The molecule has 2 N–H and O–H groups in total.